The Morgan fingerprint density at radius 3 is 2.91 bits per heavy atom. The molecule has 11 heavy (non-hydrogen) atoms. The summed E-state index contributed by atoms with van der Waals surface area (Å²) in [5.41, 5.74) is 0. The van der Waals surface area contributed by atoms with E-state index in [9.17, 15) is 9.59 Å². The summed E-state index contributed by atoms with van der Waals surface area (Å²) in [6, 6.07) is 0. The van der Waals surface area contributed by atoms with E-state index in [0.717, 1.165) is 6.42 Å². The predicted molar refractivity (Wildman–Crippen MR) is 37.8 cm³/mol. The molecule has 1 aliphatic heterocycles. The first-order valence-electron chi connectivity index (χ1n) is 3.58. The van der Waals surface area contributed by atoms with Gasteiger partial charge in [-0.1, -0.05) is 0 Å². The topological polar surface area (TPSA) is 46.6 Å². The first-order valence-corrected chi connectivity index (χ1v) is 3.58. The molecule has 0 aromatic rings. The third kappa shape index (κ3) is 1.77. The maximum atomic E-state index is 11.0. The Morgan fingerprint density at radius 2 is 2.45 bits per heavy atom. The second kappa shape index (κ2) is 3.48. The van der Waals surface area contributed by atoms with Gasteiger partial charge in [0.05, 0.1) is 0 Å². The first kappa shape index (κ1) is 8.20. The molecule has 2 amide bonds. The lowest BCUT2D eigenvalue weighted by molar-refractivity contribution is -0.144. The quantitative estimate of drug-likeness (QED) is 0.556. The Kier molecular flexibility index (Phi) is 2.59. The van der Waals surface area contributed by atoms with Gasteiger partial charge in [-0.3, -0.25) is 14.5 Å². The van der Waals surface area contributed by atoms with E-state index in [0.29, 0.717) is 13.0 Å². The Balaban J connectivity index is 2.46. The number of imide groups is 1. The molecule has 62 valence electrons. The van der Waals surface area contributed by atoms with Gasteiger partial charge in [-0.25, -0.2) is 0 Å². The van der Waals surface area contributed by atoms with Gasteiger partial charge in [-0.2, -0.15) is 0 Å². The number of carbonyl (C=O) groups excluding carboxylic acids is 2. The maximum absolute atomic E-state index is 11.0. The van der Waals surface area contributed by atoms with Crippen molar-refractivity contribution in [1.29, 1.82) is 0 Å². The lowest BCUT2D eigenvalue weighted by atomic mass is 10.4. The third-order valence-corrected chi connectivity index (χ3v) is 1.64. The summed E-state index contributed by atoms with van der Waals surface area (Å²) in [5, 5.41) is 0. The van der Waals surface area contributed by atoms with Crippen LogP contribution in [-0.4, -0.2) is 37.0 Å². The second-order valence-electron chi connectivity index (χ2n) is 2.48. The van der Waals surface area contributed by atoms with Crippen LogP contribution in [0, 0.1) is 0 Å². The first-order chi connectivity index (χ1) is 5.25. The van der Waals surface area contributed by atoms with Crippen LogP contribution < -0.4 is 0 Å². The van der Waals surface area contributed by atoms with Crippen molar-refractivity contribution in [3.05, 3.63) is 0 Å². The molecule has 0 N–H and O–H groups in total. The lowest BCUT2D eigenvalue weighted by Gasteiger charge is -2.11. The molecule has 0 aromatic heterocycles. The lowest BCUT2D eigenvalue weighted by Crippen LogP contribution is -2.34. The second-order valence-corrected chi connectivity index (χ2v) is 2.48. The molecule has 1 rings (SSSR count). The highest BCUT2D eigenvalue weighted by atomic mass is 16.5. The molecule has 0 aliphatic carbocycles. The van der Waals surface area contributed by atoms with E-state index in [1.165, 1.54) is 12.0 Å². The maximum Gasteiger partial charge on any atom is 0.255 e. The summed E-state index contributed by atoms with van der Waals surface area (Å²) in [6.45, 7) is 0.562. The highest BCUT2D eigenvalue weighted by molar-refractivity contribution is 5.97. The van der Waals surface area contributed by atoms with Crippen molar-refractivity contribution in [3.63, 3.8) is 0 Å². The van der Waals surface area contributed by atoms with Crippen LogP contribution in [-0.2, 0) is 14.3 Å². The summed E-state index contributed by atoms with van der Waals surface area (Å²) >= 11 is 0. The minimum atomic E-state index is -0.227. The van der Waals surface area contributed by atoms with Crippen molar-refractivity contribution >= 4 is 11.8 Å². The molecule has 1 heterocycles. The predicted octanol–water partition coefficient (Wildman–Crippen LogP) is -0.218. The molecule has 0 radical (unpaired) electrons. The summed E-state index contributed by atoms with van der Waals surface area (Å²) in [7, 11) is 1.44. The zero-order valence-corrected chi connectivity index (χ0v) is 6.50. The van der Waals surface area contributed by atoms with Crippen molar-refractivity contribution in [1.82, 2.24) is 4.90 Å². The Hall–Kier alpha value is -0.900. The van der Waals surface area contributed by atoms with Crippen molar-refractivity contribution in [2.75, 3.05) is 20.3 Å². The fourth-order valence-electron chi connectivity index (χ4n) is 1.11. The average Bonchev–Trinajstić information content (AvgIpc) is 2.36. The fraction of sp³-hybridized carbons (Fsp3) is 0.714. The normalized spacial score (nSPS) is 17.5. The van der Waals surface area contributed by atoms with E-state index in [-0.39, 0.29) is 18.4 Å². The number of hydrogen-bond acceptors (Lipinski definition) is 3. The minimum Gasteiger partial charge on any atom is -0.375 e. The number of ether oxygens (including phenoxy) is 1. The zero-order valence-electron chi connectivity index (χ0n) is 6.50. The van der Waals surface area contributed by atoms with E-state index in [1.54, 1.807) is 0 Å². The molecule has 0 aromatic carbocycles. The van der Waals surface area contributed by atoms with Gasteiger partial charge >= 0.3 is 0 Å². The summed E-state index contributed by atoms with van der Waals surface area (Å²) < 4.78 is 4.62. The Labute approximate surface area is 65.1 Å². The smallest absolute Gasteiger partial charge is 0.255 e. The molecular weight excluding hydrogens is 146 g/mol. The molecule has 1 aliphatic rings. The van der Waals surface area contributed by atoms with E-state index in [2.05, 4.69) is 4.74 Å². The molecule has 0 spiro atoms. The van der Waals surface area contributed by atoms with E-state index < -0.39 is 0 Å². The number of carbonyl (C=O) groups is 2. The summed E-state index contributed by atoms with van der Waals surface area (Å²) in [6.07, 6.45) is 1.28. The van der Waals surface area contributed by atoms with Gasteiger partial charge in [0.25, 0.3) is 5.91 Å². The SMILES string of the molecule is COCC(=O)N1CCCC1=O. The van der Waals surface area contributed by atoms with Crippen molar-refractivity contribution in [2.24, 2.45) is 0 Å². The number of methoxy groups -OCH3 is 1. The van der Waals surface area contributed by atoms with Crippen LogP contribution >= 0.6 is 0 Å². The number of amides is 2. The average molecular weight is 157 g/mol. The highest BCUT2D eigenvalue weighted by Gasteiger charge is 2.25. The van der Waals surface area contributed by atoms with Crippen LogP contribution in [0.5, 0.6) is 0 Å². The van der Waals surface area contributed by atoms with Crippen molar-refractivity contribution in [3.8, 4) is 0 Å². The van der Waals surface area contributed by atoms with Crippen LogP contribution in [0.4, 0.5) is 0 Å². The Morgan fingerprint density at radius 1 is 1.73 bits per heavy atom. The number of likely N-dealkylation sites (tertiary alicyclic amines) is 1. The molecular formula is C7H11NO3. The monoisotopic (exact) mass is 157 g/mol. The standard InChI is InChI=1S/C7H11NO3/c1-11-5-7(10)8-4-2-3-6(8)9/h2-5H2,1H3. The van der Waals surface area contributed by atoms with E-state index >= 15 is 0 Å². The van der Waals surface area contributed by atoms with Crippen LogP contribution in [0.2, 0.25) is 0 Å². The van der Waals surface area contributed by atoms with Gasteiger partial charge in [0.1, 0.15) is 6.61 Å². The Bertz CT molecular complexity index is 179. The van der Waals surface area contributed by atoms with Gasteiger partial charge < -0.3 is 4.74 Å². The molecule has 4 nitrogen and oxygen atoms in total. The number of rotatable bonds is 2. The van der Waals surface area contributed by atoms with E-state index in [1.807, 2.05) is 0 Å². The number of hydrogen-bond donors (Lipinski definition) is 0. The van der Waals surface area contributed by atoms with Gasteiger partial charge in [-0.15, -0.1) is 0 Å². The highest BCUT2D eigenvalue weighted by Crippen LogP contribution is 2.09. The molecule has 1 saturated heterocycles. The van der Waals surface area contributed by atoms with Crippen LogP contribution in [0.25, 0.3) is 0 Å². The molecule has 0 unspecified atom stereocenters. The third-order valence-electron chi connectivity index (χ3n) is 1.64. The molecule has 4 heteroatoms. The van der Waals surface area contributed by atoms with Crippen LogP contribution in [0.3, 0.4) is 0 Å². The van der Waals surface area contributed by atoms with Crippen molar-refractivity contribution in [2.45, 2.75) is 12.8 Å². The van der Waals surface area contributed by atoms with Crippen LogP contribution in [0.15, 0.2) is 0 Å². The largest absolute Gasteiger partial charge is 0.375 e. The van der Waals surface area contributed by atoms with E-state index in [4.69, 9.17) is 0 Å². The zero-order chi connectivity index (χ0) is 8.27. The van der Waals surface area contributed by atoms with Crippen LogP contribution in [0.1, 0.15) is 12.8 Å². The van der Waals surface area contributed by atoms with Crippen molar-refractivity contribution < 1.29 is 14.3 Å². The fourth-order valence-corrected chi connectivity index (χ4v) is 1.11. The van der Waals surface area contributed by atoms with Gasteiger partial charge in [0, 0.05) is 20.1 Å². The minimum absolute atomic E-state index is 0.00569. The summed E-state index contributed by atoms with van der Waals surface area (Å²) in [4.78, 5) is 23.2. The molecule has 0 saturated carbocycles. The number of nitrogens with zero attached hydrogens (tertiary/aromatic N) is 1. The molecule has 1 fully saturated rings. The molecule has 0 atom stereocenters. The van der Waals surface area contributed by atoms with Gasteiger partial charge in [-0.05, 0) is 6.42 Å². The summed E-state index contributed by atoms with van der Waals surface area (Å²) in [5.74, 6) is -0.304. The molecule has 0 bridgehead atoms. The van der Waals surface area contributed by atoms with Gasteiger partial charge in [0.15, 0.2) is 0 Å². The van der Waals surface area contributed by atoms with Gasteiger partial charge in [0.2, 0.25) is 5.91 Å².